The van der Waals surface area contributed by atoms with Crippen LogP contribution in [-0.4, -0.2) is 26.2 Å². The summed E-state index contributed by atoms with van der Waals surface area (Å²) >= 11 is 0. The molecule has 0 bridgehead atoms. The Morgan fingerprint density at radius 2 is 2.00 bits per heavy atom. The third kappa shape index (κ3) is 3.40. The first-order chi connectivity index (χ1) is 8.49. The first kappa shape index (κ1) is 14.4. The van der Waals surface area contributed by atoms with Crippen LogP contribution in [0.1, 0.15) is 12.0 Å². The zero-order valence-corrected chi connectivity index (χ0v) is 10.2. The Hall–Kier alpha value is -1.69. The number of aryl methyl sites for hydroxylation is 1. The molecule has 0 saturated carbocycles. The van der Waals surface area contributed by atoms with E-state index in [4.69, 9.17) is 5.73 Å². The standard InChI is InChI=1S/C12H15F2NO3/c1-17-11-6-8(13)7(5-9(11)14)3-4-10(15)12(16)18-2/h5-6,10H,3-4,15H2,1-2H3. The molecule has 1 atom stereocenters. The minimum Gasteiger partial charge on any atom is -0.494 e. The van der Waals surface area contributed by atoms with E-state index in [1.54, 1.807) is 0 Å². The number of methoxy groups -OCH3 is 2. The van der Waals surface area contributed by atoms with Crippen molar-refractivity contribution in [1.29, 1.82) is 0 Å². The molecule has 1 aromatic rings. The van der Waals surface area contributed by atoms with Crippen LogP contribution in [0.15, 0.2) is 12.1 Å². The van der Waals surface area contributed by atoms with Crippen molar-refractivity contribution in [3.05, 3.63) is 29.3 Å². The second-order valence-corrected chi connectivity index (χ2v) is 3.75. The third-order valence-corrected chi connectivity index (χ3v) is 2.55. The van der Waals surface area contributed by atoms with Gasteiger partial charge < -0.3 is 15.2 Å². The van der Waals surface area contributed by atoms with Gasteiger partial charge in [-0.25, -0.2) is 8.78 Å². The molecule has 4 nitrogen and oxygen atoms in total. The van der Waals surface area contributed by atoms with Crippen molar-refractivity contribution in [3.63, 3.8) is 0 Å². The molecule has 0 aromatic heterocycles. The molecule has 0 aliphatic carbocycles. The highest BCUT2D eigenvalue weighted by Crippen LogP contribution is 2.22. The van der Waals surface area contributed by atoms with E-state index in [2.05, 4.69) is 9.47 Å². The zero-order valence-electron chi connectivity index (χ0n) is 10.2. The molecule has 1 aromatic carbocycles. The summed E-state index contributed by atoms with van der Waals surface area (Å²) in [7, 11) is 2.47. The van der Waals surface area contributed by atoms with Gasteiger partial charge in [-0.05, 0) is 24.5 Å². The minimum absolute atomic E-state index is 0.142. The van der Waals surface area contributed by atoms with Crippen LogP contribution in [0.2, 0.25) is 0 Å². The molecule has 0 heterocycles. The monoisotopic (exact) mass is 259 g/mol. The van der Waals surface area contributed by atoms with E-state index >= 15 is 0 Å². The van der Waals surface area contributed by atoms with Crippen molar-refractivity contribution in [2.45, 2.75) is 18.9 Å². The second kappa shape index (κ2) is 6.30. The number of hydrogen-bond donors (Lipinski definition) is 1. The Labute approximate surface area is 104 Å². The van der Waals surface area contributed by atoms with Crippen LogP contribution in [0, 0.1) is 11.6 Å². The van der Waals surface area contributed by atoms with Crippen molar-refractivity contribution in [2.75, 3.05) is 14.2 Å². The van der Waals surface area contributed by atoms with Gasteiger partial charge in [-0.3, -0.25) is 4.79 Å². The number of nitrogens with two attached hydrogens (primary N) is 1. The summed E-state index contributed by atoms with van der Waals surface area (Å²) in [5.41, 5.74) is 5.65. The molecule has 0 aliphatic heterocycles. The maximum absolute atomic E-state index is 13.5. The Morgan fingerprint density at radius 3 is 2.56 bits per heavy atom. The third-order valence-electron chi connectivity index (χ3n) is 2.55. The predicted molar refractivity (Wildman–Crippen MR) is 61.2 cm³/mol. The van der Waals surface area contributed by atoms with Gasteiger partial charge >= 0.3 is 5.97 Å². The first-order valence-corrected chi connectivity index (χ1v) is 5.35. The Bertz CT molecular complexity index is 438. The van der Waals surface area contributed by atoms with E-state index in [0.29, 0.717) is 0 Å². The number of carbonyl (C=O) groups is 1. The highest BCUT2D eigenvalue weighted by molar-refractivity contribution is 5.75. The molecule has 0 spiro atoms. The van der Waals surface area contributed by atoms with Gasteiger partial charge in [0, 0.05) is 6.07 Å². The summed E-state index contributed by atoms with van der Waals surface area (Å²) < 4.78 is 36.0. The number of hydrogen-bond acceptors (Lipinski definition) is 4. The molecule has 0 aliphatic rings. The van der Waals surface area contributed by atoms with E-state index in [0.717, 1.165) is 12.1 Å². The maximum Gasteiger partial charge on any atom is 0.322 e. The molecule has 2 N–H and O–H groups in total. The smallest absolute Gasteiger partial charge is 0.322 e. The average Bonchev–Trinajstić information content (AvgIpc) is 2.37. The largest absolute Gasteiger partial charge is 0.494 e. The van der Waals surface area contributed by atoms with Gasteiger partial charge in [-0.2, -0.15) is 0 Å². The summed E-state index contributed by atoms with van der Waals surface area (Å²) in [5, 5.41) is 0. The summed E-state index contributed by atoms with van der Waals surface area (Å²) in [4.78, 5) is 11.1. The van der Waals surface area contributed by atoms with Crippen LogP contribution in [-0.2, 0) is 16.0 Å². The van der Waals surface area contributed by atoms with Crippen LogP contribution in [0.4, 0.5) is 8.78 Å². The van der Waals surface area contributed by atoms with Gasteiger partial charge in [0.05, 0.1) is 14.2 Å². The molecule has 1 unspecified atom stereocenters. The van der Waals surface area contributed by atoms with Crippen molar-refractivity contribution >= 4 is 5.97 Å². The lowest BCUT2D eigenvalue weighted by Crippen LogP contribution is -2.32. The number of benzene rings is 1. The van der Waals surface area contributed by atoms with Crippen LogP contribution < -0.4 is 10.5 Å². The second-order valence-electron chi connectivity index (χ2n) is 3.75. The molecule has 100 valence electrons. The van der Waals surface area contributed by atoms with Gasteiger partial charge in [0.1, 0.15) is 11.9 Å². The fourth-order valence-corrected chi connectivity index (χ4v) is 1.50. The lowest BCUT2D eigenvalue weighted by atomic mass is 10.0. The van der Waals surface area contributed by atoms with Crippen LogP contribution >= 0.6 is 0 Å². The number of rotatable bonds is 5. The molecule has 18 heavy (non-hydrogen) atoms. The molecule has 0 fully saturated rings. The lowest BCUT2D eigenvalue weighted by Gasteiger charge is -2.10. The molecule has 6 heteroatoms. The molecule has 0 amide bonds. The average molecular weight is 259 g/mol. The normalized spacial score (nSPS) is 12.1. The number of halogens is 2. The van der Waals surface area contributed by atoms with Crippen molar-refractivity contribution < 1.29 is 23.0 Å². The Kier molecular flexibility index (Phi) is 5.03. The van der Waals surface area contributed by atoms with Crippen molar-refractivity contribution in [3.8, 4) is 5.75 Å². The predicted octanol–water partition coefficient (Wildman–Crippen LogP) is 1.41. The van der Waals surface area contributed by atoms with Crippen LogP contribution in [0.3, 0.4) is 0 Å². The van der Waals surface area contributed by atoms with E-state index in [-0.39, 0.29) is 24.2 Å². The molecular formula is C12H15F2NO3. The van der Waals surface area contributed by atoms with E-state index in [1.807, 2.05) is 0 Å². The number of ether oxygens (including phenoxy) is 2. The first-order valence-electron chi connectivity index (χ1n) is 5.35. The molecular weight excluding hydrogens is 244 g/mol. The number of esters is 1. The summed E-state index contributed by atoms with van der Waals surface area (Å²) in [5.74, 6) is -1.98. The van der Waals surface area contributed by atoms with Crippen LogP contribution in [0.5, 0.6) is 5.75 Å². The summed E-state index contributed by atoms with van der Waals surface area (Å²) in [6.45, 7) is 0. The van der Waals surface area contributed by atoms with Crippen LogP contribution in [0.25, 0.3) is 0 Å². The quantitative estimate of drug-likeness (QED) is 0.812. The fraction of sp³-hybridized carbons (Fsp3) is 0.417. The van der Waals surface area contributed by atoms with E-state index in [1.165, 1.54) is 14.2 Å². The summed E-state index contributed by atoms with van der Waals surface area (Å²) in [6.07, 6.45) is 0.318. The topological polar surface area (TPSA) is 61.5 Å². The molecule has 0 radical (unpaired) electrons. The van der Waals surface area contributed by atoms with Gasteiger partial charge in [0.15, 0.2) is 11.6 Å². The highest BCUT2D eigenvalue weighted by atomic mass is 19.1. The van der Waals surface area contributed by atoms with Gasteiger partial charge in [0.2, 0.25) is 0 Å². The number of carbonyl (C=O) groups excluding carboxylic acids is 1. The molecule has 1 rings (SSSR count). The SMILES string of the molecule is COC(=O)C(N)CCc1cc(F)c(OC)cc1F. The van der Waals surface area contributed by atoms with Gasteiger partial charge in [-0.1, -0.05) is 0 Å². The maximum atomic E-state index is 13.5. The summed E-state index contributed by atoms with van der Waals surface area (Å²) in [6, 6.07) is 1.16. The Morgan fingerprint density at radius 1 is 1.33 bits per heavy atom. The van der Waals surface area contributed by atoms with Gasteiger partial charge in [0.25, 0.3) is 0 Å². The van der Waals surface area contributed by atoms with E-state index < -0.39 is 23.6 Å². The fourth-order valence-electron chi connectivity index (χ4n) is 1.50. The zero-order chi connectivity index (χ0) is 13.7. The molecule has 0 saturated heterocycles. The lowest BCUT2D eigenvalue weighted by molar-refractivity contribution is -0.142. The highest BCUT2D eigenvalue weighted by Gasteiger charge is 2.16. The van der Waals surface area contributed by atoms with E-state index in [9.17, 15) is 13.6 Å². The van der Waals surface area contributed by atoms with Crippen molar-refractivity contribution in [2.24, 2.45) is 5.73 Å². The minimum atomic E-state index is -0.848. The van der Waals surface area contributed by atoms with Crippen molar-refractivity contribution in [1.82, 2.24) is 0 Å². The van der Waals surface area contributed by atoms with Gasteiger partial charge in [-0.15, -0.1) is 0 Å². The Balaban J connectivity index is 2.74.